The molecule has 0 bridgehead atoms. The Bertz CT molecular complexity index is 1490. The van der Waals surface area contributed by atoms with Gasteiger partial charge in [-0.15, -0.1) is 10.2 Å². The number of carboxylic acids is 1. The molecule has 1 unspecified atom stereocenters. The molecule has 12 nitrogen and oxygen atoms in total. The number of aromatic carboxylic acids is 1. The van der Waals surface area contributed by atoms with Crippen LogP contribution in [0.25, 0.3) is 5.69 Å². The van der Waals surface area contributed by atoms with Crippen LogP contribution in [0, 0.1) is 11.3 Å². The summed E-state index contributed by atoms with van der Waals surface area (Å²) in [6.07, 6.45) is 2.77. The van der Waals surface area contributed by atoms with Crippen LogP contribution in [0.15, 0.2) is 83.8 Å². The van der Waals surface area contributed by atoms with E-state index in [0.29, 0.717) is 11.3 Å². The number of hydrogen-bond acceptors (Lipinski definition) is 10. The van der Waals surface area contributed by atoms with Gasteiger partial charge in [-0.1, -0.05) is 30.3 Å². The highest BCUT2D eigenvalue weighted by Gasteiger charge is 2.43. The molecule has 0 fully saturated rings. The molecule has 0 saturated heterocycles. The van der Waals surface area contributed by atoms with Gasteiger partial charge in [-0.25, -0.2) is 14.4 Å². The van der Waals surface area contributed by atoms with E-state index in [0.717, 1.165) is 19.1 Å². The van der Waals surface area contributed by atoms with E-state index in [1.165, 1.54) is 35.4 Å². The molecule has 4 rings (SSSR count). The Morgan fingerprint density at radius 1 is 1.03 bits per heavy atom. The van der Waals surface area contributed by atoms with Crippen molar-refractivity contribution in [2.75, 3.05) is 19.1 Å². The fourth-order valence-electron chi connectivity index (χ4n) is 4.14. The minimum absolute atomic E-state index is 0.0923. The molecule has 0 radical (unpaired) electrons. The summed E-state index contributed by atoms with van der Waals surface area (Å²) < 4.78 is 11.5. The average molecular weight is 500 g/mol. The number of methoxy groups -OCH3 is 2. The molecule has 1 aromatic heterocycles. The maximum atomic E-state index is 13.2. The molecule has 186 valence electrons. The highest BCUT2D eigenvalue weighted by atomic mass is 16.5. The van der Waals surface area contributed by atoms with Crippen LogP contribution in [-0.4, -0.2) is 52.0 Å². The summed E-state index contributed by atoms with van der Waals surface area (Å²) in [4.78, 5) is 39.7. The number of ether oxygens (including phenoxy) is 2. The number of aromatic nitrogens is 3. The van der Waals surface area contributed by atoms with E-state index in [-0.39, 0.29) is 33.9 Å². The van der Waals surface area contributed by atoms with Crippen LogP contribution in [0.2, 0.25) is 0 Å². The van der Waals surface area contributed by atoms with Gasteiger partial charge in [-0.3, -0.25) is 9.47 Å². The van der Waals surface area contributed by atoms with E-state index in [1.54, 1.807) is 30.3 Å². The Hall–Kier alpha value is -5.44. The summed E-state index contributed by atoms with van der Waals surface area (Å²) in [7, 11) is 2.23. The van der Waals surface area contributed by atoms with Crippen molar-refractivity contribution in [1.82, 2.24) is 14.8 Å². The molecule has 3 aromatic rings. The SMILES string of the molecule is COC(=O)C1=C(C(=O)OC)N(c2cc(-n3cnnc3)ccc2C(=O)O)C(N)=C(C#N)C1c1ccccc1. The third kappa shape index (κ3) is 4.25. The Kier molecular flexibility index (Phi) is 6.70. The fourth-order valence-corrected chi connectivity index (χ4v) is 4.14. The number of carbonyl (C=O) groups is 3. The van der Waals surface area contributed by atoms with Crippen molar-refractivity contribution in [1.29, 1.82) is 5.26 Å². The first-order chi connectivity index (χ1) is 17.8. The average Bonchev–Trinajstić information content (AvgIpc) is 3.46. The Labute approximate surface area is 210 Å². The van der Waals surface area contributed by atoms with Crippen LogP contribution in [-0.2, 0) is 19.1 Å². The topological polar surface area (TPSA) is 174 Å². The Balaban J connectivity index is 2.12. The first-order valence-corrected chi connectivity index (χ1v) is 10.7. The number of nitrogens with zero attached hydrogens (tertiary/aromatic N) is 5. The van der Waals surface area contributed by atoms with Crippen molar-refractivity contribution in [3.05, 3.63) is 95.0 Å². The van der Waals surface area contributed by atoms with Gasteiger partial charge in [0.1, 0.15) is 24.2 Å². The van der Waals surface area contributed by atoms with E-state index in [2.05, 4.69) is 10.2 Å². The zero-order valence-corrected chi connectivity index (χ0v) is 19.7. The molecule has 1 aliphatic rings. The second-order valence-corrected chi connectivity index (χ2v) is 7.71. The van der Waals surface area contributed by atoms with E-state index in [9.17, 15) is 24.8 Å². The highest BCUT2D eigenvalue weighted by Crippen LogP contribution is 2.44. The molecule has 0 spiro atoms. The van der Waals surface area contributed by atoms with Gasteiger partial charge >= 0.3 is 17.9 Å². The number of hydrogen-bond donors (Lipinski definition) is 2. The summed E-state index contributed by atoms with van der Waals surface area (Å²) in [6.45, 7) is 0. The summed E-state index contributed by atoms with van der Waals surface area (Å²) >= 11 is 0. The van der Waals surface area contributed by atoms with Crippen molar-refractivity contribution in [3.8, 4) is 11.8 Å². The zero-order valence-electron chi connectivity index (χ0n) is 19.7. The maximum absolute atomic E-state index is 13.2. The monoisotopic (exact) mass is 500 g/mol. The van der Waals surface area contributed by atoms with E-state index >= 15 is 0 Å². The molecule has 12 heteroatoms. The van der Waals surface area contributed by atoms with Crippen molar-refractivity contribution >= 4 is 23.6 Å². The summed E-state index contributed by atoms with van der Waals surface area (Å²) in [5.74, 6) is -4.60. The first kappa shape index (κ1) is 24.7. The van der Waals surface area contributed by atoms with Crippen molar-refractivity contribution in [2.45, 2.75) is 5.92 Å². The number of carbonyl (C=O) groups excluding carboxylic acids is 2. The molecule has 1 aliphatic heterocycles. The maximum Gasteiger partial charge on any atom is 0.355 e. The zero-order chi connectivity index (χ0) is 26.7. The number of esters is 2. The molecule has 1 atom stereocenters. The molecule has 37 heavy (non-hydrogen) atoms. The third-order valence-electron chi connectivity index (χ3n) is 5.78. The van der Waals surface area contributed by atoms with Gasteiger partial charge in [-0.2, -0.15) is 5.26 Å². The van der Waals surface area contributed by atoms with Gasteiger partial charge in [0, 0.05) is 0 Å². The summed E-state index contributed by atoms with van der Waals surface area (Å²) in [6, 6.07) is 14.7. The molecule has 0 saturated carbocycles. The minimum atomic E-state index is -1.34. The van der Waals surface area contributed by atoms with Crippen molar-refractivity contribution in [3.63, 3.8) is 0 Å². The lowest BCUT2D eigenvalue weighted by Crippen LogP contribution is -2.41. The predicted molar refractivity (Wildman–Crippen MR) is 128 cm³/mol. The largest absolute Gasteiger partial charge is 0.478 e. The molecular weight excluding hydrogens is 480 g/mol. The van der Waals surface area contributed by atoms with Gasteiger partial charge in [0.05, 0.1) is 54.3 Å². The Morgan fingerprint density at radius 2 is 1.68 bits per heavy atom. The number of nitriles is 1. The van der Waals surface area contributed by atoms with Crippen LogP contribution in [0.4, 0.5) is 5.69 Å². The number of rotatable bonds is 6. The highest BCUT2D eigenvalue weighted by molar-refractivity contribution is 6.08. The lowest BCUT2D eigenvalue weighted by molar-refractivity contribution is -0.139. The van der Waals surface area contributed by atoms with Crippen LogP contribution in [0.3, 0.4) is 0 Å². The van der Waals surface area contributed by atoms with E-state index in [1.807, 2.05) is 6.07 Å². The Morgan fingerprint density at radius 3 is 2.24 bits per heavy atom. The van der Waals surface area contributed by atoms with E-state index < -0.39 is 23.8 Å². The lowest BCUT2D eigenvalue weighted by Gasteiger charge is -2.36. The van der Waals surface area contributed by atoms with Gasteiger partial charge in [0.15, 0.2) is 0 Å². The third-order valence-corrected chi connectivity index (χ3v) is 5.78. The lowest BCUT2D eigenvalue weighted by atomic mass is 9.80. The quantitative estimate of drug-likeness (QED) is 0.473. The predicted octanol–water partition coefficient (Wildman–Crippen LogP) is 1.86. The molecule has 2 heterocycles. The van der Waals surface area contributed by atoms with Crippen molar-refractivity contribution in [2.24, 2.45) is 5.73 Å². The smallest absolute Gasteiger partial charge is 0.355 e. The number of allylic oxidation sites excluding steroid dienone is 1. The van der Waals surface area contributed by atoms with Crippen LogP contribution < -0.4 is 10.6 Å². The van der Waals surface area contributed by atoms with Gasteiger partial charge < -0.3 is 20.3 Å². The number of anilines is 1. The number of benzene rings is 2. The van der Waals surface area contributed by atoms with Gasteiger partial charge in [-0.05, 0) is 23.8 Å². The molecule has 0 aliphatic carbocycles. The normalized spacial score (nSPS) is 15.3. The molecular formula is C25H20N6O6. The molecule has 0 amide bonds. The van der Waals surface area contributed by atoms with Crippen LogP contribution in [0.1, 0.15) is 21.8 Å². The van der Waals surface area contributed by atoms with E-state index in [4.69, 9.17) is 15.2 Å². The molecule has 3 N–H and O–H groups in total. The second-order valence-electron chi connectivity index (χ2n) is 7.71. The molecule has 2 aromatic carbocycles. The summed E-state index contributed by atoms with van der Waals surface area (Å²) in [5.41, 5.74) is 6.31. The number of carboxylic acid groups (broad SMARTS) is 1. The second kappa shape index (κ2) is 10.0. The van der Waals surface area contributed by atoms with Gasteiger partial charge in [0.25, 0.3) is 0 Å². The standard InChI is InChI=1S/C25H20N6O6/c1-36-24(34)20-19(14-6-4-3-5-7-14)17(11-26)22(27)31(21(20)25(35)37-2)18-10-15(30-12-28-29-13-30)8-9-16(18)23(32)33/h3-10,12-13,19H,27H2,1-2H3,(H,32,33). The minimum Gasteiger partial charge on any atom is -0.478 e. The van der Waals surface area contributed by atoms with Gasteiger partial charge in [0.2, 0.25) is 0 Å². The summed E-state index contributed by atoms with van der Waals surface area (Å²) in [5, 5.41) is 27.6. The number of nitrogens with two attached hydrogens (primary N) is 1. The fraction of sp³-hybridized carbons (Fsp3) is 0.120. The van der Waals surface area contributed by atoms with Crippen LogP contribution >= 0.6 is 0 Å². The van der Waals surface area contributed by atoms with Crippen LogP contribution in [0.5, 0.6) is 0 Å². The first-order valence-electron chi connectivity index (χ1n) is 10.7. The van der Waals surface area contributed by atoms with Crippen molar-refractivity contribution < 1.29 is 29.0 Å².